The molecule has 0 spiro atoms. The first-order valence-electron chi connectivity index (χ1n) is 7.22. The quantitative estimate of drug-likeness (QED) is 0.836. The molecule has 0 bridgehead atoms. The third-order valence-electron chi connectivity index (χ3n) is 3.92. The Hall–Kier alpha value is -2.03. The Morgan fingerprint density at radius 2 is 1.95 bits per heavy atom. The van der Waals surface area contributed by atoms with Crippen LogP contribution in [0, 0.1) is 5.92 Å². The van der Waals surface area contributed by atoms with Crippen molar-refractivity contribution in [3.05, 3.63) is 42.0 Å². The van der Waals surface area contributed by atoms with E-state index in [4.69, 9.17) is 5.73 Å². The molecule has 1 aliphatic rings. The second-order valence-electron chi connectivity index (χ2n) is 5.84. The Labute approximate surface area is 119 Å². The molecule has 20 heavy (non-hydrogen) atoms. The normalized spacial score (nSPS) is 16.1. The first kappa shape index (κ1) is 13.0. The van der Waals surface area contributed by atoms with Crippen LogP contribution in [-0.2, 0) is 0 Å². The van der Waals surface area contributed by atoms with E-state index in [0.29, 0.717) is 11.3 Å². The average molecular weight is 268 g/mol. The highest BCUT2D eigenvalue weighted by molar-refractivity contribution is 6.04. The minimum atomic E-state index is -0.0681. The summed E-state index contributed by atoms with van der Waals surface area (Å²) in [6, 6.07) is 11.9. The van der Waals surface area contributed by atoms with Crippen LogP contribution in [-0.4, -0.2) is 11.9 Å². The molecule has 3 rings (SSSR count). The van der Waals surface area contributed by atoms with Crippen molar-refractivity contribution in [2.45, 2.75) is 32.2 Å². The number of nitrogen functional groups attached to an aromatic ring is 1. The number of rotatable bonds is 4. The maximum atomic E-state index is 12.3. The smallest absolute Gasteiger partial charge is 0.253 e. The molecule has 0 radical (unpaired) electrons. The van der Waals surface area contributed by atoms with Crippen LogP contribution in [0.2, 0.25) is 0 Å². The number of benzene rings is 2. The SMILES string of the molecule is CC(CC1CC1)NC(=O)c1cc2ccccc2cc1N. The molecular formula is C17H20N2O. The van der Waals surface area contributed by atoms with E-state index in [1.807, 2.05) is 36.4 Å². The molecule has 0 heterocycles. The number of carbonyl (C=O) groups excluding carboxylic acids is 1. The van der Waals surface area contributed by atoms with Gasteiger partial charge in [-0.3, -0.25) is 4.79 Å². The third kappa shape index (κ3) is 2.77. The van der Waals surface area contributed by atoms with Crippen molar-refractivity contribution in [2.24, 2.45) is 5.92 Å². The van der Waals surface area contributed by atoms with Gasteiger partial charge < -0.3 is 11.1 Å². The molecule has 1 fully saturated rings. The van der Waals surface area contributed by atoms with Gasteiger partial charge in [0.2, 0.25) is 0 Å². The Balaban J connectivity index is 1.80. The number of hydrogen-bond donors (Lipinski definition) is 2. The van der Waals surface area contributed by atoms with E-state index >= 15 is 0 Å². The van der Waals surface area contributed by atoms with Crippen LogP contribution in [0.1, 0.15) is 36.5 Å². The molecule has 0 aliphatic heterocycles. The zero-order valence-corrected chi connectivity index (χ0v) is 11.7. The molecule has 0 saturated heterocycles. The summed E-state index contributed by atoms with van der Waals surface area (Å²) in [6.45, 7) is 2.06. The number of hydrogen-bond acceptors (Lipinski definition) is 2. The summed E-state index contributed by atoms with van der Waals surface area (Å²) in [6.07, 6.45) is 3.68. The van der Waals surface area contributed by atoms with Gasteiger partial charge in [-0.2, -0.15) is 0 Å². The third-order valence-corrected chi connectivity index (χ3v) is 3.92. The highest BCUT2D eigenvalue weighted by Gasteiger charge is 2.24. The van der Waals surface area contributed by atoms with Gasteiger partial charge in [-0.05, 0) is 42.2 Å². The average Bonchev–Trinajstić information content (AvgIpc) is 3.21. The fraction of sp³-hybridized carbons (Fsp3) is 0.353. The predicted molar refractivity (Wildman–Crippen MR) is 82.6 cm³/mol. The lowest BCUT2D eigenvalue weighted by Crippen LogP contribution is -2.33. The zero-order chi connectivity index (χ0) is 14.1. The van der Waals surface area contributed by atoms with Crippen LogP contribution in [0.15, 0.2) is 36.4 Å². The number of fused-ring (bicyclic) bond motifs is 1. The topological polar surface area (TPSA) is 55.1 Å². The molecule has 1 aliphatic carbocycles. The van der Waals surface area contributed by atoms with Crippen LogP contribution >= 0.6 is 0 Å². The van der Waals surface area contributed by atoms with Gasteiger partial charge in [0, 0.05) is 11.7 Å². The van der Waals surface area contributed by atoms with E-state index in [2.05, 4.69) is 12.2 Å². The standard InChI is InChI=1S/C17H20N2O/c1-11(8-12-6-7-12)19-17(20)15-9-13-4-2-3-5-14(13)10-16(15)18/h2-5,9-12H,6-8,18H2,1H3,(H,19,20). The van der Waals surface area contributed by atoms with E-state index in [-0.39, 0.29) is 11.9 Å². The molecule has 1 saturated carbocycles. The second-order valence-corrected chi connectivity index (χ2v) is 5.84. The van der Waals surface area contributed by atoms with Gasteiger partial charge in [-0.1, -0.05) is 37.1 Å². The Morgan fingerprint density at radius 1 is 1.30 bits per heavy atom. The van der Waals surface area contributed by atoms with Crippen molar-refractivity contribution in [1.82, 2.24) is 5.32 Å². The van der Waals surface area contributed by atoms with Crippen molar-refractivity contribution >= 4 is 22.4 Å². The number of carbonyl (C=O) groups is 1. The van der Waals surface area contributed by atoms with E-state index < -0.39 is 0 Å². The summed E-state index contributed by atoms with van der Waals surface area (Å²) in [5.41, 5.74) is 7.13. The fourth-order valence-electron chi connectivity index (χ4n) is 2.67. The molecule has 1 unspecified atom stereocenters. The molecule has 1 atom stereocenters. The summed E-state index contributed by atoms with van der Waals surface area (Å²) < 4.78 is 0. The zero-order valence-electron chi connectivity index (χ0n) is 11.7. The number of anilines is 1. The molecular weight excluding hydrogens is 248 g/mol. The highest BCUT2D eigenvalue weighted by atomic mass is 16.1. The highest BCUT2D eigenvalue weighted by Crippen LogP contribution is 2.33. The minimum absolute atomic E-state index is 0.0681. The Morgan fingerprint density at radius 3 is 2.60 bits per heavy atom. The Kier molecular flexibility index (Phi) is 3.35. The van der Waals surface area contributed by atoms with E-state index in [9.17, 15) is 4.79 Å². The summed E-state index contributed by atoms with van der Waals surface area (Å²) >= 11 is 0. The van der Waals surface area contributed by atoms with Crippen LogP contribution in [0.3, 0.4) is 0 Å². The Bertz CT molecular complexity index is 646. The summed E-state index contributed by atoms with van der Waals surface area (Å²) in [7, 11) is 0. The van der Waals surface area contributed by atoms with Gasteiger partial charge in [0.1, 0.15) is 0 Å². The first-order chi connectivity index (χ1) is 9.63. The summed E-state index contributed by atoms with van der Waals surface area (Å²) in [5, 5.41) is 5.16. The molecule has 2 aromatic carbocycles. The molecule has 3 N–H and O–H groups in total. The van der Waals surface area contributed by atoms with E-state index in [1.165, 1.54) is 12.8 Å². The molecule has 0 aromatic heterocycles. The molecule has 1 amide bonds. The van der Waals surface area contributed by atoms with Crippen molar-refractivity contribution in [1.29, 1.82) is 0 Å². The molecule has 104 valence electrons. The lowest BCUT2D eigenvalue weighted by molar-refractivity contribution is 0.0938. The lowest BCUT2D eigenvalue weighted by atomic mass is 10.0. The largest absolute Gasteiger partial charge is 0.398 e. The van der Waals surface area contributed by atoms with Crippen LogP contribution < -0.4 is 11.1 Å². The second kappa shape index (κ2) is 5.16. The van der Waals surface area contributed by atoms with Gasteiger partial charge in [-0.15, -0.1) is 0 Å². The number of nitrogens with one attached hydrogen (secondary N) is 1. The van der Waals surface area contributed by atoms with Gasteiger partial charge in [0.25, 0.3) is 5.91 Å². The van der Waals surface area contributed by atoms with Gasteiger partial charge >= 0.3 is 0 Å². The molecule has 3 nitrogen and oxygen atoms in total. The minimum Gasteiger partial charge on any atom is -0.398 e. The van der Waals surface area contributed by atoms with Crippen LogP contribution in [0.25, 0.3) is 10.8 Å². The molecule has 2 aromatic rings. The van der Waals surface area contributed by atoms with Gasteiger partial charge in [-0.25, -0.2) is 0 Å². The lowest BCUT2D eigenvalue weighted by Gasteiger charge is -2.15. The fourth-order valence-corrected chi connectivity index (χ4v) is 2.67. The maximum absolute atomic E-state index is 12.3. The van der Waals surface area contributed by atoms with Crippen LogP contribution in [0.4, 0.5) is 5.69 Å². The molecule has 3 heteroatoms. The van der Waals surface area contributed by atoms with Crippen molar-refractivity contribution in [3.63, 3.8) is 0 Å². The summed E-state index contributed by atoms with van der Waals surface area (Å²) in [4.78, 5) is 12.3. The number of nitrogens with two attached hydrogens (primary N) is 1. The van der Waals surface area contributed by atoms with Crippen molar-refractivity contribution in [3.8, 4) is 0 Å². The number of amides is 1. The van der Waals surface area contributed by atoms with Gasteiger partial charge in [0.05, 0.1) is 5.56 Å². The maximum Gasteiger partial charge on any atom is 0.253 e. The van der Waals surface area contributed by atoms with Crippen molar-refractivity contribution < 1.29 is 4.79 Å². The van der Waals surface area contributed by atoms with E-state index in [0.717, 1.165) is 23.1 Å². The predicted octanol–water partition coefficient (Wildman–Crippen LogP) is 3.34. The van der Waals surface area contributed by atoms with Crippen molar-refractivity contribution in [2.75, 3.05) is 5.73 Å². The van der Waals surface area contributed by atoms with Gasteiger partial charge in [0.15, 0.2) is 0 Å². The summed E-state index contributed by atoms with van der Waals surface area (Å²) in [5.74, 6) is 0.737. The monoisotopic (exact) mass is 268 g/mol. The van der Waals surface area contributed by atoms with Crippen LogP contribution in [0.5, 0.6) is 0 Å². The first-order valence-corrected chi connectivity index (χ1v) is 7.22. The van der Waals surface area contributed by atoms with E-state index in [1.54, 1.807) is 0 Å².